The number of aliphatic hydroxyl groups excluding tert-OH is 19. The van der Waals surface area contributed by atoms with Gasteiger partial charge < -0.3 is 187 Å². The first-order valence-electron chi connectivity index (χ1n) is 45.4. The van der Waals surface area contributed by atoms with Gasteiger partial charge in [-0.15, -0.1) is 0 Å². The Hall–Kier alpha value is -4.03. The molecule has 47 atom stereocenters. The number of carboxylic acid groups (broad SMARTS) is 1. The smallest absolute Gasteiger partial charge is 0.335 e. The van der Waals surface area contributed by atoms with Gasteiger partial charge in [0, 0.05) is 26.4 Å². The van der Waals surface area contributed by atoms with Crippen LogP contribution >= 0.6 is 0 Å². The molecule has 34 unspecified atom stereocenters. The van der Waals surface area contributed by atoms with E-state index in [0.29, 0.717) is 51.4 Å². The number of aliphatic carboxylic acids is 1. The minimum atomic E-state index is -2.25. The predicted octanol–water partition coefficient (Wildman–Crippen LogP) is -3.54. The quantitative estimate of drug-likeness (QED) is 0.00995. The lowest BCUT2D eigenvalue weighted by Crippen LogP contribution is -2.69. The molecule has 7 aliphatic heterocycles. The molecule has 7 heterocycles. The minimum Gasteiger partial charge on any atom is -0.479 e. The molecule has 12 aliphatic rings. The lowest BCUT2D eigenvalue weighted by Gasteiger charge is -2.71. The second-order valence-electron chi connectivity index (χ2n) is 39.9. The van der Waals surface area contributed by atoms with Crippen LogP contribution in [0.5, 0.6) is 0 Å². The van der Waals surface area contributed by atoms with Crippen molar-refractivity contribution < 1.29 is 207 Å². The number of hydrogen-bond donors (Lipinski definition) is 20. The topological polar surface area (TPSA) is 647 Å². The highest BCUT2D eigenvalue weighted by Gasteiger charge is 2.73. The van der Waals surface area contributed by atoms with Gasteiger partial charge in [-0.3, -0.25) is 14.4 Å². The van der Waals surface area contributed by atoms with E-state index in [2.05, 4.69) is 26.8 Å². The van der Waals surface area contributed by atoms with E-state index < -0.39 is 341 Å². The molecule has 0 spiro atoms. The zero-order valence-corrected chi connectivity index (χ0v) is 75.0. The molecular weight excluding hydrogens is 1720 g/mol. The first-order valence-corrected chi connectivity index (χ1v) is 45.4. The summed E-state index contributed by atoms with van der Waals surface area (Å²) in [5.41, 5.74) is -5.42. The molecule has 129 heavy (non-hydrogen) atoms. The summed E-state index contributed by atoms with van der Waals surface area (Å²) >= 11 is 0. The summed E-state index contributed by atoms with van der Waals surface area (Å²) in [4.78, 5) is 72.1. The maximum atomic E-state index is 16.3. The van der Waals surface area contributed by atoms with Crippen molar-refractivity contribution in [1.29, 1.82) is 0 Å². The number of fused-ring (bicyclic) bond motifs is 7. The monoisotopic (exact) mass is 1860 g/mol. The zero-order valence-electron chi connectivity index (χ0n) is 75.0. The molecule has 12 rings (SSSR count). The van der Waals surface area contributed by atoms with Gasteiger partial charge in [-0.1, -0.05) is 93.7 Å². The van der Waals surface area contributed by atoms with Crippen molar-refractivity contribution in [3.05, 3.63) is 11.6 Å². The zero-order chi connectivity index (χ0) is 94.7. The first-order chi connectivity index (χ1) is 60.6. The second-order valence-corrected chi connectivity index (χ2v) is 39.9. The molecule has 740 valence electrons. The minimum absolute atomic E-state index is 0.0255. The highest BCUT2D eigenvalue weighted by Crippen LogP contribution is 2.76. The van der Waals surface area contributed by atoms with Crippen molar-refractivity contribution in [2.24, 2.45) is 62.1 Å². The normalized spacial score (nSPS) is 47.8. The van der Waals surface area contributed by atoms with Crippen LogP contribution in [0.4, 0.5) is 0 Å². The fraction of sp³-hybridized carbons (Fsp3) is 0.920. The fourth-order valence-corrected chi connectivity index (χ4v) is 23.0. The van der Waals surface area contributed by atoms with E-state index in [4.69, 9.17) is 80.5 Å². The Morgan fingerprint density at radius 1 is 0.543 bits per heavy atom. The maximum absolute atomic E-state index is 16.3. The van der Waals surface area contributed by atoms with Crippen LogP contribution in [-0.4, -0.2) is 393 Å². The van der Waals surface area contributed by atoms with Gasteiger partial charge in [-0.05, 0) is 116 Å². The SMILES string of the molecule is CC[C@H](C)[C@H](C[C@H](O)CC(=O)OC1CC(O)OC(OC(=O)[C@]23CCC(C)(C)CC2C2=CCC4[C@@]5(C)CC[C@H](OC6OC(C(=O)O)C(O)C(OC7OCC(O)C(O)C7O)C6OC6OC(CO)C(O)C(O)C6O)[C@@](C)(C=O)C5CC[C@@]4(C)[C@]2(C)C[C@H]3O)C1OC1OC(C)C(OC2OCC(O)C(OC)C2O)C(O)C1O)OC(=O)C[C@@H](O)C[C@H](OC1OC(CO)C(O)C1O)[C@@H](C)CC. The average molecular weight is 1860 g/mol. The Kier molecular flexibility index (Phi) is 33.6. The van der Waals surface area contributed by atoms with E-state index in [9.17, 15) is 121 Å². The van der Waals surface area contributed by atoms with E-state index in [1.807, 2.05) is 27.7 Å². The first kappa shape index (κ1) is 104. The summed E-state index contributed by atoms with van der Waals surface area (Å²) in [5.74, 6) is -7.15. The molecule has 0 bridgehead atoms. The molecule has 42 heteroatoms. The molecule has 20 N–H and O–H groups in total. The number of carbonyl (C=O) groups is 5. The van der Waals surface area contributed by atoms with Gasteiger partial charge in [-0.2, -0.15) is 0 Å². The molecule has 4 saturated carbocycles. The number of carboxylic acids is 1. The number of esters is 3. The van der Waals surface area contributed by atoms with E-state index in [1.165, 1.54) is 14.0 Å². The van der Waals surface area contributed by atoms with Crippen LogP contribution in [0.2, 0.25) is 0 Å². The van der Waals surface area contributed by atoms with E-state index in [1.54, 1.807) is 20.8 Å². The second kappa shape index (κ2) is 41.7. The number of methoxy groups -OCH3 is 1. The Morgan fingerprint density at radius 2 is 1.11 bits per heavy atom. The van der Waals surface area contributed by atoms with Gasteiger partial charge >= 0.3 is 23.9 Å². The summed E-state index contributed by atoms with van der Waals surface area (Å²) in [6.07, 6.45) is -59.1. The molecular formula is C87H140O42. The molecule has 0 amide bonds. The third-order valence-corrected chi connectivity index (χ3v) is 31.3. The van der Waals surface area contributed by atoms with Crippen LogP contribution < -0.4 is 0 Å². The van der Waals surface area contributed by atoms with Crippen molar-refractivity contribution in [2.45, 2.75) is 406 Å². The number of aliphatic hydroxyl groups is 19. The summed E-state index contributed by atoms with van der Waals surface area (Å²) in [6, 6.07) is 0. The van der Waals surface area contributed by atoms with Crippen LogP contribution in [0.25, 0.3) is 0 Å². The van der Waals surface area contributed by atoms with E-state index in [0.717, 1.165) is 11.9 Å². The number of carbonyl (C=O) groups excluding carboxylic acids is 4. The number of hydrogen-bond acceptors (Lipinski definition) is 41. The molecule has 0 aromatic carbocycles. The number of ether oxygens (including phenoxy) is 17. The molecule has 0 aromatic heterocycles. The van der Waals surface area contributed by atoms with Crippen molar-refractivity contribution in [1.82, 2.24) is 0 Å². The average Bonchev–Trinajstić information content (AvgIpc) is 0.670. The van der Waals surface area contributed by atoms with Gasteiger partial charge in [0.15, 0.2) is 56.2 Å². The van der Waals surface area contributed by atoms with Gasteiger partial charge in [0.25, 0.3) is 0 Å². The van der Waals surface area contributed by atoms with Crippen molar-refractivity contribution >= 4 is 30.2 Å². The Morgan fingerprint density at radius 3 is 1.74 bits per heavy atom. The summed E-state index contributed by atoms with van der Waals surface area (Å²) < 4.78 is 102. The van der Waals surface area contributed by atoms with Gasteiger partial charge in [-0.25, -0.2) is 4.79 Å². The number of aldehydes is 1. The largest absolute Gasteiger partial charge is 0.479 e. The van der Waals surface area contributed by atoms with E-state index >= 15 is 4.79 Å². The lowest BCUT2D eigenvalue weighted by molar-refractivity contribution is -0.391. The summed E-state index contributed by atoms with van der Waals surface area (Å²) in [6.45, 7) is 18.2. The van der Waals surface area contributed by atoms with Crippen molar-refractivity contribution in [2.75, 3.05) is 33.5 Å². The van der Waals surface area contributed by atoms with Crippen LogP contribution in [0, 0.1) is 62.1 Å². The van der Waals surface area contributed by atoms with Crippen LogP contribution in [-0.2, 0) is 104 Å². The predicted molar refractivity (Wildman–Crippen MR) is 431 cm³/mol. The molecule has 11 fully saturated rings. The molecule has 5 aliphatic carbocycles. The van der Waals surface area contributed by atoms with Gasteiger partial charge in [0.2, 0.25) is 6.29 Å². The maximum Gasteiger partial charge on any atom is 0.335 e. The van der Waals surface area contributed by atoms with Gasteiger partial charge in [0.05, 0.1) is 81.3 Å². The van der Waals surface area contributed by atoms with Gasteiger partial charge in [0.1, 0.15) is 140 Å². The number of allylic oxidation sites excluding steroid dienone is 2. The van der Waals surface area contributed by atoms with Crippen LogP contribution in [0.1, 0.15) is 179 Å². The van der Waals surface area contributed by atoms with Crippen LogP contribution in [0.3, 0.4) is 0 Å². The summed E-state index contributed by atoms with van der Waals surface area (Å²) in [7, 11) is 1.24. The molecule has 0 aromatic rings. The highest BCUT2D eigenvalue weighted by molar-refractivity contribution is 5.80. The highest BCUT2D eigenvalue weighted by atomic mass is 16.8. The Balaban J connectivity index is 0.797. The Bertz CT molecular complexity index is 3770. The summed E-state index contributed by atoms with van der Waals surface area (Å²) in [5, 5.41) is 222. The molecule has 42 nitrogen and oxygen atoms in total. The Labute approximate surface area is 747 Å². The third-order valence-electron chi connectivity index (χ3n) is 31.3. The molecule has 0 radical (unpaired) electrons. The molecule has 7 saturated heterocycles. The fourth-order valence-electron chi connectivity index (χ4n) is 23.0. The third kappa shape index (κ3) is 20.5. The number of rotatable bonds is 33. The van der Waals surface area contributed by atoms with E-state index in [-0.39, 0.29) is 50.5 Å². The van der Waals surface area contributed by atoms with Crippen LogP contribution in [0.15, 0.2) is 11.6 Å². The van der Waals surface area contributed by atoms with Crippen molar-refractivity contribution in [3.8, 4) is 0 Å². The standard InChI is InChI=1S/C87H140O42/c1-13-35(3)44(117-53(96)25-39(92)24-45(36(4)14-2)119-77-62(105)58(101)48(31-89)120-77)23-38(91)26-54(97)118-46-27-55(98)123-79(69(46)125-76-64(107)60(103)67(37(5)116-76)124-75-66(109)68(113-12)43(94)33-115-75)129-81(112)87-22-21-82(6,7)28-41(87)40-15-16-50-83(8)19-18-52(84(9,34-90)49(83)17-20-85(50,10)86(40,11)29-51(87)95)122-80-72(128-78-63(106)59(102)57(100)47(30-88)121-78)70(65(108)71(127-80)73(110)111)126-74-61(104)56(99)42(93)32-114-74/h15,34-39,41-52,55-72,74-80,88-89,91-95,98-109H,13-14,16-33H2,1-12H3,(H,110,111)/t35-,36-,37?,38-,39-,41?,42?,43?,44-,45-,46?,47?,48?,49?,50?,51+,52-,55?,56?,57?,58?,59?,60?,61?,62?,63?,64?,65?,66?,67?,68?,69?,70?,71?,72?,74?,75?,76?,77?,78?,79?,80?,83-,84-,85+,86+,87+/m0/s1. The lowest BCUT2D eigenvalue weighted by atomic mass is 9.33. The van der Waals surface area contributed by atoms with Crippen molar-refractivity contribution in [3.63, 3.8) is 0 Å².